The lowest BCUT2D eigenvalue weighted by Crippen LogP contribution is -2.14. The largest absolute Gasteiger partial charge is 0.419 e. The number of nitrogens with two attached hydrogens (primary N) is 1. The minimum atomic E-state index is -0.373. The molecule has 88 valence electrons. The van der Waals surface area contributed by atoms with Crippen molar-refractivity contribution in [3.8, 4) is 6.07 Å². The Balaban J connectivity index is 2.27. The molecule has 0 saturated heterocycles. The van der Waals surface area contributed by atoms with Gasteiger partial charge in [0.1, 0.15) is 0 Å². The average molecular weight is 231 g/mol. The van der Waals surface area contributed by atoms with Crippen LogP contribution in [0.3, 0.4) is 0 Å². The standard InChI is InChI=1S/C12H13N3O2/c13-6-2-1-3-7-15-10-8-9(14)4-5-11(10)17-12(15)16/h4-5,8H,1-3,7,14H2. The van der Waals surface area contributed by atoms with Gasteiger partial charge in [-0.2, -0.15) is 5.26 Å². The van der Waals surface area contributed by atoms with Gasteiger partial charge >= 0.3 is 5.76 Å². The quantitative estimate of drug-likeness (QED) is 0.643. The van der Waals surface area contributed by atoms with E-state index in [4.69, 9.17) is 15.4 Å². The third kappa shape index (κ3) is 2.31. The number of aromatic nitrogens is 1. The molecular weight excluding hydrogens is 218 g/mol. The van der Waals surface area contributed by atoms with Crippen LogP contribution in [0.5, 0.6) is 0 Å². The molecule has 0 bridgehead atoms. The van der Waals surface area contributed by atoms with E-state index in [1.807, 2.05) is 0 Å². The fraction of sp³-hybridized carbons (Fsp3) is 0.333. The third-order valence-electron chi connectivity index (χ3n) is 2.61. The first-order valence-electron chi connectivity index (χ1n) is 5.48. The van der Waals surface area contributed by atoms with Crippen molar-refractivity contribution >= 4 is 16.8 Å². The molecule has 1 aromatic heterocycles. The van der Waals surface area contributed by atoms with Gasteiger partial charge in [0, 0.05) is 18.7 Å². The monoisotopic (exact) mass is 231 g/mol. The Morgan fingerprint density at radius 3 is 3.00 bits per heavy atom. The van der Waals surface area contributed by atoms with Crippen LogP contribution in [0.1, 0.15) is 19.3 Å². The number of nitriles is 1. The van der Waals surface area contributed by atoms with Gasteiger partial charge in [-0.25, -0.2) is 4.79 Å². The van der Waals surface area contributed by atoms with Crippen molar-refractivity contribution in [2.45, 2.75) is 25.8 Å². The molecule has 0 aliphatic heterocycles. The minimum absolute atomic E-state index is 0.373. The zero-order chi connectivity index (χ0) is 12.3. The fourth-order valence-electron chi connectivity index (χ4n) is 1.76. The Morgan fingerprint density at radius 2 is 2.24 bits per heavy atom. The Bertz CT molecular complexity index is 619. The highest BCUT2D eigenvalue weighted by molar-refractivity contribution is 5.76. The molecule has 0 spiro atoms. The summed E-state index contributed by atoms with van der Waals surface area (Å²) in [6, 6.07) is 7.20. The molecule has 0 aliphatic carbocycles. The van der Waals surface area contributed by atoms with E-state index in [2.05, 4.69) is 6.07 Å². The normalized spacial score (nSPS) is 10.5. The number of oxazole rings is 1. The van der Waals surface area contributed by atoms with Crippen molar-refractivity contribution in [2.24, 2.45) is 0 Å². The molecule has 2 N–H and O–H groups in total. The van der Waals surface area contributed by atoms with E-state index in [1.165, 1.54) is 0 Å². The van der Waals surface area contributed by atoms with Gasteiger partial charge in [0.05, 0.1) is 11.6 Å². The Labute approximate surface area is 98.1 Å². The summed E-state index contributed by atoms with van der Waals surface area (Å²) in [7, 11) is 0. The Hall–Kier alpha value is -2.22. The topological polar surface area (TPSA) is 85.0 Å². The molecule has 1 heterocycles. The van der Waals surface area contributed by atoms with Crippen molar-refractivity contribution in [3.05, 3.63) is 28.7 Å². The molecule has 0 saturated carbocycles. The summed E-state index contributed by atoms with van der Waals surface area (Å²) in [5.41, 5.74) is 7.54. The number of fused-ring (bicyclic) bond motifs is 1. The average Bonchev–Trinajstić information content (AvgIpc) is 2.61. The first-order valence-corrected chi connectivity index (χ1v) is 5.48. The number of nitrogens with zero attached hydrogens (tertiary/aromatic N) is 2. The molecule has 0 unspecified atom stereocenters. The van der Waals surface area contributed by atoms with Crippen LogP contribution >= 0.6 is 0 Å². The lowest BCUT2D eigenvalue weighted by atomic mass is 10.2. The first-order chi connectivity index (χ1) is 8.22. The van der Waals surface area contributed by atoms with Gasteiger partial charge in [0.2, 0.25) is 0 Å². The molecule has 17 heavy (non-hydrogen) atoms. The molecule has 0 amide bonds. The molecule has 5 heteroatoms. The second kappa shape index (κ2) is 4.74. The number of anilines is 1. The second-order valence-electron chi connectivity index (χ2n) is 3.86. The van der Waals surface area contributed by atoms with E-state index < -0.39 is 0 Å². The number of hydrogen-bond acceptors (Lipinski definition) is 4. The van der Waals surface area contributed by atoms with Gasteiger partial charge in [-0.05, 0) is 31.0 Å². The number of aryl methyl sites for hydroxylation is 1. The van der Waals surface area contributed by atoms with Crippen molar-refractivity contribution < 1.29 is 4.42 Å². The molecule has 2 rings (SSSR count). The Kier molecular flexibility index (Phi) is 3.15. The summed E-state index contributed by atoms with van der Waals surface area (Å²) in [6.07, 6.45) is 2.06. The summed E-state index contributed by atoms with van der Waals surface area (Å²) >= 11 is 0. The van der Waals surface area contributed by atoms with Gasteiger partial charge in [-0.1, -0.05) is 0 Å². The summed E-state index contributed by atoms with van der Waals surface area (Å²) in [5, 5.41) is 8.43. The van der Waals surface area contributed by atoms with Gasteiger partial charge in [0.15, 0.2) is 5.58 Å². The van der Waals surface area contributed by atoms with Crippen LogP contribution in [0.2, 0.25) is 0 Å². The van der Waals surface area contributed by atoms with E-state index in [-0.39, 0.29) is 5.76 Å². The van der Waals surface area contributed by atoms with Crippen LogP contribution in [0.25, 0.3) is 11.1 Å². The van der Waals surface area contributed by atoms with E-state index in [0.717, 1.165) is 12.8 Å². The Morgan fingerprint density at radius 1 is 1.41 bits per heavy atom. The van der Waals surface area contributed by atoms with Crippen LogP contribution in [-0.2, 0) is 6.54 Å². The van der Waals surface area contributed by atoms with E-state index in [1.54, 1.807) is 22.8 Å². The van der Waals surface area contributed by atoms with E-state index >= 15 is 0 Å². The van der Waals surface area contributed by atoms with Crippen LogP contribution < -0.4 is 11.5 Å². The molecule has 0 aliphatic rings. The number of unbranched alkanes of at least 4 members (excludes halogenated alkanes) is 2. The SMILES string of the molecule is N#CCCCCn1c(=O)oc2ccc(N)cc21. The lowest BCUT2D eigenvalue weighted by molar-refractivity contribution is 0.493. The maximum Gasteiger partial charge on any atom is 0.419 e. The van der Waals surface area contributed by atoms with E-state index in [0.29, 0.717) is 29.8 Å². The van der Waals surface area contributed by atoms with Crippen LogP contribution in [0.15, 0.2) is 27.4 Å². The lowest BCUT2D eigenvalue weighted by Gasteiger charge is -2.00. The van der Waals surface area contributed by atoms with Gasteiger partial charge in [-0.15, -0.1) is 0 Å². The molecule has 0 atom stereocenters. The number of benzene rings is 1. The molecule has 2 aromatic rings. The maximum atomic E-state index is 11.6. The van der Waals surface area contributed by atoms with Crippen molar-refractivity contribution in [1.82, 2.24) is 4.57 Å². The van der Waals surface area contributed by atoms with Crippen molar-refractivity contribution in [2.75, 3.05) is 5.73 Å². The summed E-state index contributed by atoms with van der Waals surface area (Å²) in [5.74, 6) is -0.373. The van der Waals surface area contributed by atoms with Crippen LogP contribution in [0, 0.1) is 11.3 Å². The molecule has 0 fully saturated rings. The molecule has 0 radical (unpaired) electrons. The molecular formula is C12H13N3O2. The van der Waals surface area contributed by atoms with Gasteiger partial charge < -0.3 is 10.2 Å². The highest BCUT2D eigenvalue weighted by atomic mass is 16.4. The number of nitrogen functional groups attached to an aromatic ring is 1. The fourth-order valence-corrected chi connectivity index (χ4v) is 1.76. The van der Waals surface area contributed by atoms with Gasteiger partial charge in [0.25, 0.3) is 0 Å². The van der Waals surface area contributed by atoms with Crippen LogP contribution in [0.4, 0.5) is 5.69 Å². The predicted octanol–water partition coefficient (Wildman–Crippen LogP) is 1.87. The first kappa shape index (κ1) is 11.3. The molecule has 1 aromatic carbocycles. The van der Waals surface area contributed by atoms with E-state index in [9.17, 15) is 4.79 Å². The zero-order valence-corrected chi connectivity index (χ0v) is 9.35. The predicted molar refractivity (Wildman–Crippen MR) is 64.4 cm³/mol. The van der Waals surface area contributed by atoms with Crippen LogP contribution in [-0.4, -0.2) is 4.57 Å². The maximum absolute atomic E-state index is 11.6. The van der Waals surface area contributed by atoms with Gasteiger partial charge in [-0.3, -0.25) is 4.57 Å². The summed E-state index contributed by atoms with van der Waals surface area (Å²) in [6.45, 7) is 0.553. The second-order valence-corrected chi connectivity index (χ2v) is 3.86. The number of hydrogen-bond donors (Lipinski definition) is 1. The highest BCUT2D eigenvalue weighted by Crippen LogP contribution is 2.16. The smallest absolute Gasteiger partial charge is 0.408 e. The minimum Gasteiger partial charge on any atom is -0.408 e. The molecule has 5 nitrogen and oxygen atoms in total. The van der Waals surface area contributed by atoms with Crippen molar-refractivity contribution in [1.29, 1.82) is 5.26 Å². The van der Waals surface area contributed by atoms with Crippen molar-refractivity contribution in [3.63, 3.8) is 0 Å². The third-order valence-corrected chi connectivity index (χ3v) is 2.61. The summed E-state index contributed by atoms with van der Waals surface area (Å²) in [4.78, 5) is 11.6. The zero-order valence-electron chi connectivity index (χ0n) is 9.35. The number of rotatable bonds is 4. The summed E-state index contributed by atoms with van der Waals surface area (Å²) < 4.78 is 6.66. The highest BCUT2D eigenvalue weighted by Gasteiger charge is 2.08.